The molecule has 0 atom stereocenters. The Morgan fingerprint density at radius 1 is 1.00 bits per heavy atom. The summed E-state index contributed by atoms with van der Waals surface area (Å²) in [5, 5.41) is 0.697. The zero-order valence-electron chi connectivity index (χ0n) is 15.2. The molecule has 1 amide bonds. The Morgan fingerprint density at radius 2 is 1.58 bits per heavy atom. The summed E-state index contributed by atoms with van der Waals surface area (Å²) in [4.78, 5) is 14.6. The molecule has 1 fully saturated rings. The van der Waals surface area contributed by atoms with Crippen LogP contribution >= 0.6 is 11.6 Å². The SMILES string of the molecule is CC(C)Oc1ccc(C(=O)N2CCC(Oc3ccc(Cl)cc3)CC2)cc1. The molecule has 0 saturated carbocycles. The van der Waals surface area contributed by atoms with Gasteiger partial charge in [0.25, 0.3) is 5.91 Å². The van der Waals surface area contributed by atoms with Crippen LogP contribution < -0.4 is 9.47 Å². The van der Waals surface area contributed by atoms with Gasteiger partial charge in [0.05, 0.1) is 6.10 Å². The molecular weight excluding hydrogens is 350 g/mol. The third kappa shape index (κ3) is 4.92. The molecular formula is C21H24ClNO3. The lowest BCUT2D eigenvalue weighted by Crippen LogP contribution is -2.41. The number of piperidine rings is 1. The number of ether oxygens (including phenoxy) is 2. The van der Waals surface area contributed by atoms with Crippen molar-refractivity contribution in [3.63, 3.8) is 0 Å². The molecule has 0 aromatic heterocycles. The van der Waals surface area contributed by atoms with Gasteiger partial charge in [0, 0.05) is 36.5 Å². The van der Waals surface area contributed by atoms with E-state index >= 15 is 0 Å². The number of halogens is 1. The van der Waals surface area contributed by atoms with Crippen LogP contribution in [0.2, 0.25) is 5.02 Å². The summed E-state index contributed by atoms with van der Waals surface area (Å²) in [6, 6.07) is 14.8. The monoisotopic (exact) mass is 373 g/mol. The number of likely N-dealkylation sites (tertiary alicyclic amines) is 1. The Bertz CT molecular complexity index is 720. The second-order valence-electron chi connectivity index (χ2n) is 6.75. The number of carbonyl (C=O) groups is 1. The number of rotatable bonds is 5. The van der Waals surface area contributed by atoms with Gasteiger partial charge < -0.3 is 14.4 Å². The fourth-order valence-electron chi connectivity index (χ4n) is 3.01. The highest BCUT2D eigenvalue weighted by molar-refractivity contribution is 6.30. The minimum Gasteiger partial charge on any atom is -0.491 e. The summed E-state index contributed by atoms with van der Waals surface area (Å²) in [6.45, 7) is 5.35. The molecule has 3 rings (SSSR count). The molecule has 0 unspecified atom stereocenters. The van der Waals surface area contributed by atoms with Gasteiger partial charge in [-0.1, -0.05) is 11.6 Å². The molecule has 2 aromatic rings. The predicted octanol–water partition coefficient (Wildman–Crippen LogP) is 4.81. The average Bonchev–Trinajstić information content (AvgIpc) is 2.64. The molecule has 0 bridgehead atoms. The third-order valence-corrected chi connectivity index (χ3v) is 4.57. The first-order valence-corrected chi connectivity index (χ1v) is 9.37. The van der Waals surface area contributed by atoms with Crippen LogP contribution in [0.1, 0.15) is 37.0 Å². The Kier molecular flexibility index (Phi) is 6.04. The van der Waals surface area contributed by atoms with Crippen molar-refractivity contribution in [2.24, 2.45) is 0 Å². The van der Waals surface area contributed by atoms with E-state index in [4.69, 9.17) is 21.1 Å². The van der Waals surface area contributed by atoms with Crippen molar-refractivity contribution in [3.8, 4) is 11.5 Å². The molecule has 0 radical (unpaired) electrons. The number of benzene rings is 2. The Hall–Kier alpha value is -2.20. The maximum atomic E-state index is 12.7. The van der Waals surface area contributed by atoms with Crippen LogP contribution in [-0.2, 0) is 0 Å². The summed E-state index contributed by atoms with van der Waals surface area (Å²) in [7, 11) is 0. The van der Waals surface area contributed by atoms with Gasteiger partial charge >= 0.3 is 0 Å². The van der Waals surface area contributed by atoms with Gasteiger partial charge in [0.15, 0.2) is 0 Å². The number of carbonyl (C=O) groups excluding carboxylic acids is 1. The van der Waals surface area contributed by atoms with E-state index in [1.54, 1.807) is 0 Å². The van der Waals surface area contributed by atoms with E-state index in [2.05, 4.69) is 0 Å². The van der Waals surface area contributed by atoms with E-state index in [9.17, 15) is 4.79 Å². The van der Waals surface area contributed by atoms with E-state index in [-0.39, 0.29) is 18.1 Å². The van der Waals surface area contributed by atoms with E-state index in [0.717, 1.165) is 24.3 Å². The van der Waals surface area contributed by atoms with Crippen LogP contribution in [0.25, 0.3) is 0 Å². The maximum absolute atomic E-state index is 12.7. The lowest BCUT2D eigenvalue weighted by molar-refractivity contribution is 0.0595. The third-order valence-electron chi connectivity index (χ3n) is 4.32. The number of hydrogen-bond acceptors (Lipinski definition) is 3. The first kappa shape index (κ1) is 18.6. The van der Waals surface area contributed by atoms with Crippen LogP contribution in [0.4, 0.5) is 0 Å². The molecule has 138 valence electrons. The van der Waals surface area contributed by atoms with Gasteiger partial charge in [-0.3, -0.25) is 4.79 Å². The molecule has 1 heterocycles. The van der Waals surface area contributed by atoms with Gasteiger partial charge in [-0.2, -0.15) is 0 Å². The van der Waals surface area contributed by atoms with E-state index in [1.807, 2.05) is 67.3 Å². The average molecular weight is 374 g/mol. The van der Waals surface area contributed by atoms with Gasteiger partial charge in [-0.05, 0) is 62.4 Å². The van der Waals surface area contributed by atoms with E-state index < -0.39 is 0 Å². The van der Waals surface area contributed by atoms with Crippen LogP contribution in [0, 0.1) is 0 Å². The predicted molar refractivity (Wildman–Crippen MR) is 103 cm³/mol. The number of hydrogen-bond donors (Lipinski definition) is 0. The fraction of sp³-hybridized carbons (Fsp3) is 0.381. The number of amides is 1. The van der Waals surface area contributed by atoms with Crippen molar-refractivity contribution in [3.05, 3.63) is 59.1 Å². The van der Waals surface area contributed by atoms with E-state index in [1.165, 1.54) is 0 Å². The first-order chi connectivity index (χ1) is 12.5. The first-order valence-electron chi connectivity index (χ1n) is 8.99. The quantitative estimate of drug-likeness (QED) is 0.754. The Balaban J connectivity index is 1.52. The number of nitrogens with zero attached hydrogens (tertiary/aromatic N) is 1. The highest BCUT2D eigenvalue weighted by atomic mass is 35.5. The summed E-state index contributed by atoms with van der Waals surface area (Å²) < 4.78 is 11.6. The second kappa shape index (κ2) is 8.45. The van der Waals surface area contributed by atoms with E-state index in [0.29, 0.717) is 23.7 Å². The van der Waals surface area contributed by atoms with Gasteiger partial charge in [-0.25, -0.2) is 0 Å². The minimum absolute atomic E-state index is 0.0611. The van der Waals surface area contributed by atoms with Crippen molar-refractivity contribution in [2.75, 3.05) is 13.1 Å². The van der Waals surface area contributed by atoms with Crippen LogP contribution in [0.5, 0.6) is 11.5 Å². The van der Waals surface area contributed by atoms with Crippen molar-refractivity contribution >= 4 is 17.5 Å². The Morgan fingerprint density at radius 3 is 2.15 bits per heavy atom. The molecule has 5 heteroatoms. The zero-order chi connectivity index (χ0) is 18.5. The van der Waals surface area contributed by atoms with Crippen molar-refractivity contribution in [1.29, 1.82) is 0 Å². The van der Waals surface area contributed by atoms with Crippen molar-refractivity contribution < 1.29 is 14.3 Å². The summed E-state index contributed by atoms with van der Waals surface area (Å²) in [5.74, 6) is 1.66. The fourth-order valence-corrected chi connectivity index (χ4v) is 3.14. The molecule has 2 aromatic carbocycles. The molecule has 1 aliphatic heterocycles. The highest BCUT2D eigenvalue weighted by Gasteiger charge is 2.24. The highest BCUT2D eigenvalue weighted by Crippen LogP contribution is 2.22. The van der Waals surface area contributed by atoms with Crippen LogP contribution in [0.3, 0.4) is 0 Å². The summed E-state index contributed by atoms with van der Waals surface area (Å²) in [5.41, 5.74) is 0.693. The Labute approximate surface area is 159 Å². The molecule has 0 N–H and O–H groups in total. The lowest BCUT2D eigenvalue weighted by atomic mass is 10.1. The van der Waals surface area contributed by atoms with Crippen molar-refractivity contribution in [2.45, 2.75) is 38.9 Å². The molecule has 26 heavy (non-hydrogen) atoms. The van der Waals surface area contributed by atoms with Gasteiger partial charge in [0.1, 0.15) is 17.6 Å². The summed E-state index contributed by atoms with van der Waals surface area (Å²) in [6.07, 6.45) is 1.89. The minimum atomic E-state index is 0.0611. The molecule has 1 saturated heterocycles. The topological polar surface area (TPSA) is 38.8 Å². The van der Waals surface area contributed by atoms with Crippen LogP contribution in [-0.4, -0.2) is 36.1 Å². The smallest absolute Gasteiger partial charge is 0.253 e. The normalized spacial score (nSPS) is 15.2. The van der Waals surface area contributed by atoms with Gasteiger partial charge in [-0.15, -0.1) is 0 Å². The lowest BCUT2D eigenvalue weighted by Gasteiger charge is -2.32. The molecule has 1 aliphatic rings. The second-order valence-corrected chi connectivity index (χ2v) is 7.19. The maximum Gasteiger partial charge on any atom is 0.253 e. The van der Waals surface area contributed by atoms with Gasteiger partial charge in [0.2, 0.25) is 0 Å². The largest absolute Gasteiger partial charge is 0.491 e. The standard InChI is InChI=1S/C21H24ClNO3/c1-15(2)25-18-7-3-16(4-8-18)21(24)23-13-11-20(12-14-23)26-19-9-5-17(22)6-10-19/h3-10,15,20H,11-14H2,1-2H3. The zero-order valence-corrected chi connectivity index (χ0v) is 15.9. The van der Waals surface area contributed by atoms with Crippen molar-refractivity contribution in [1.82, 2.24) is 4.90 Å². The summed E-state index contributed by atoms with van der Waals surface area (Å²) >= 11 is 5.89. The molecule has 0 aliphatic carbocycles. The molecule has 4 nitrogen and oxygen atoms in total. The molecule has 0 spiro atoms. The van der Waals surface area contributed by atoms with Crippen LogP contribution in [0.15, 0.2) is 48.5 Å².